The van der Waals surface area contributed by atoms with Gasteiger partial charge in [-0.05, 0) is 49.7 Å². The summed E-state index contributed by atoms with van der Waals surface area (Å²) in [4.78, 5) is 23.6. The molecule has 4 heteroatoms. The van der Waals surface area contributed by atoms with Crippen molar-refractivity contribution in [3.05, 3.63) is 22.7 Å². The minimum Gasteiger partial charge on any atom is -0.431 e. The van der Waals surface area contributed by atoms with E-state index < -0.39 is 11.9 Å². The molecule has 21 heavy (non-hydrogen) atoms. The fourth-order valence-corrected chi connectivity index (χ4v) is 3.02. The van der Waals surface area contributed by atoms with Gasteiger partial charge in [-0.25, -0.2) is 0 Å². The van der Waals surface area contributed by atoms with Crippen LogP contribution in [0, 0.1) is 0 Å². The Morgan fingerprint density at radius 2 is 1.24 bits per heavy atom. The maximum absolute atomic E-state index is 11.8. The molecule has 0 amide bonds. The van der Waals surface area contributed by atoms with Crippen LogP contribution in [0.25, 0.3) is 0 Å². The van der Waals surface area contributed by atoms with E-state index in [4.69, 9.17) is 9.47 Å². The summed E-state index contributed by atoms with van der Waals surface area (Å²) in [6.07, 6.45) is 7.16. The lowest BCUT2D eigenvalue weighted by atomic mass is 10.2. The van der Waals surface area contributed by atoms with Crippen molar-refractivity contribution in [1.82, 2.24) is 0 Å². The van der Waals surface area contributed by atoms with Gasteiger partial charge < -0.3 is 9.47 Å². The Hall–Kier alpha value is -1.58. The summed E-state index contributed by atoms with van der Waals surface area (Å²) >= 11 is 0. The number of carbonyl (C=O) groups excluding carboxylic acids is 2. The van der Waals surface area contributed by atoms with Crippen LogP contribution in [0.3, 0.4) is 0 Å². The van der Waals surface area contributed by atoms with Crippen molar-refractivity contribution in [1.29, 1.82) is 0 Å². The predicted octanol–water partition coefficient (Wildman–Crippen LogP) is 4.16. The van der Waals surface area contributed by atoms with Gasteiger partial charge in [-0.2, -0.15) is 0 Å². The van der Waals surface area contributed by atoms with Crippen molar-refractivity contribution in [2.45, 2.75) is 71.6 Å². The fraction of sp³-hybridized carbons (Fsp3) is 0.647. The lowest BCUT2D eigenvalue weighted by Gasteiger charge is -2.09. The first-order valence-corrected chi connectivity index (χ1v) is 7.97. The summed E-state index contributed by atoms with van der Waals surface area (Å²) in [7, 11) is 0. The molecular formula is C17H24O4. The molecule has 116 valence electrons. The van der Waals surface area contributed by atoms with Crippen LogP contribution in [0.4, 0.5) is 0 Å². The molecule has 0 fully saturated rings. The molecule has 0 N–H and O–H groups in total. The van der Waals surface area contributed by atoms with E-state index in [2.05, 4.69) is 13.8 Å². The van der Waals surface area contributed by atoms with E-state index in [1.165, 1.54) is 11.1 Å². The van der Waals surface area contributed by atoms with Gasteiger partial charge >= 0.3 is 11.9 Å². The Morgan fingerprint density at radius 3 is 1.62 bits per heavy atom. The molecule has 0 radical (unpaired) electrons. The standard InChI is InChI=1S/C17H24O4/c1-3-12-7-5-9-14(12)20-16(18)11-17(19)21-15-10-6-8-13(15)4-2/h3-11H2,1-2H3. The number of hydrogen-bond donors (Lipinski definition) is 0. The van der Waals surface area contributed by atoms with Crippen LogP contribution in [-0.2, 0) is 19.1 Å². The molecule has 0 aromatic heterocycles. The van der Waals surface area contributed by atoms with Gasteiger partial charge in [0, 0.05) is 12.8 Å². The molecule has 2 aliphatic carbocycles. The Bertz CT molecular complexity index is 441. The number of esters is 2. The largest absolute Gasteiger partial charge is 0.431 e. The van der Waals surface area contributed by atoms with Crippen molar-refractivity contribution in [2.75, 3.05) is 0 Å². The van der Waals surface area contributed by atoms with Crippen molar-refractivity contribution in [2.24, 2.45) is 0 Å². The highest BCUT2D eigenvalue weighted by atomic mass is 16.6. The van der Waals surface area contributed by atoms with Gasteiger partial charge in [0.05, 0.1) is 0 Å². The maximum atomic E-state index is 11.8. The Morgan fingerprint density at radius 1 is 0.810 bits per heavy atom. The van der Waals surface area contributed by atoms with Crippen molar-refractivity contribution in [3.63, 3.8) is 0 Å². The van der Waals surface area contributed by atoms with Crippen LogP contribution in [-0.4, -0.2) is 11.9 Å². The third-order valence-electron chi connectivity index (χ3n) is 4.17. The number of carbonyl (C=O) groups is 2. The highest BCUT2D eigenvalue weighted by Gasteiger charge is 2.22. The molecule has 0 saturated carbocycles. The van der Waals surface area contributed by atoms with Crippen LogP contribution in [0.15, 0.2) is 22.7 Å². The summed E-state index contributed by atoms with van der Waals surface area (Å²) in [5, 5.41) is 0. The Kier molecular flexibility index (Phi) is 5.59. The minimum atomic E-state index is -0.500. The van der Waals surface area contributed by atoms with Crippen molar-refractivity contribution >= 4 is 11.9 Å². The molecule has 0 heterocycles. The van der Waals surface area contributed by atoms with Gasteiger partial charge in [-0.1, -0.05) is 13.8 Å². The maximum Gasteiger partial charge on any atom is 0.322 e. The number of allylic oxidation sites excluding steroid dienone is 4. The van der Waals surface area contributed by atoms with Gasteiger partial charge in [0.1, 0.15) is 17.9 Å². The second kappa shape index (κ2) is 7.43. The summed E-state index contributed by atoms with van der Waals surface area (Å²) in [6.45, 7) is 4.11. The molecule has 0 saturated heterocycles. The van der Waals surface area contributed by atoms with Crippen LogP contribution in [0.2, 0.25) is 0 Å². The van der Waals surface area contributed by atoms with Crippen LogP contribution < -0.4 is 0 Å². The van der Waals surface area contributed by atoms with E-state index in [1.807, 2.05) is 0 Å². The van der Waals surface area contributed by atoms with Gasteiger partial charge in [0.25, 0.3) is 0 Å². The van der Waals surface area contributed by atoms with Crippen molar-refractivity contribution in [3.8, 4) is 0 Å². The monoisotopic (exact) mass is 292 g/mol. The second-order valence-electron chi connectivity index (χ2n) is 5.59. The molecule has 0 spiro atoms. The Labute approximate surface area is 126 Å². The van der Waals surface area contributed by atoms with Gasteiger partial charge in [0.15, 0.2) is 0 Å². The first-order valence-electron chi connectivity index (χ1n) is 7.97. The average Bonchev–Trinajstić information content (AvgIpc) is 3.06. The van der Waals surface area contributed by atoms with E-state index in [-0.39, 0.29) is 6.42 Å². The zero-order valence-electron chi connectivity index (χ0n) is 13.0. The molecule has 2 aliphatic rings. The normalized spacial score (nSPS) is 18.4. The second-order valence-corrected chi connectivity index (χ2v) is 5.59. The smallest absolute Gasteiger partial charge is 0.322 e. The average molecular weight is 292 g/mol. The van der Waals surface area contributed by atoms with E-state index in [1.54, 1.807) is 0 Å². The number of rotatable bonds is 6. The molecule has 0 bridgehead atoms. The van der Waals surface area contributed by atoms with E-state index in [0.29, 0.717) is 0 Å². The third kappa shape index (κ3) is 4.19. The van der Waals surface area contributed by atoms with E-state index in [0.717, 1.165) is 62.9 Å². The fourth-order valence-electron chi connectivity index (χ4n) is 3.02. The van der Waals surface area contributed by atoms with Crippen LogP contribution in [0.1, 0.15) is 71.6 Å². The molecule has 0 unspecified atom stereocenters. The van der Waals surface area contributed by atoms with E-state index in [9.17, 15) is 9.59 Å². The number of ether oxygens (including phenoxy) is 2. The van der Waals surface area contributed by atoms with Gasteiger partial charge in [0.2, 0.25) is 0 Å². The first-order chi connectivity index (χ1) is 10.1. The lowest BCUT2D eigenvalue weighted by molar-refractivity contribution is -0.150. The summed E-state index contributed by atoms with van der Waals surface area (Å²) < 4.78 is 10.7. The SMILES string of the molecule is CCC1=C(OC(=O)CC(=O)OC2=C(CC)CCC2)CCC1. The zero-order valence-corrected chi connectivity index (χ0v) is 13.0. The lowest BCUT2D eigenvalue weighted by Crippen LogP contribution is -2.13. The van der Waals surface area contributed by atoms with Gasteiger partial charge in [-0.3, -0.25) is 9.59 Å². The predicted molar refractivity (Wildman–Crippen MR) is 79.1 cm³/mol. The van der Waals surface area contributed by atoms with Crippen LogP contribution in [0.5, 0.6) is 0 Å². The van der Waals surface area contributed by atoms with Gasteiger partial charge in [-0.15, -0.1) is 0 Å². The highest BCUT2D eigenvalue weighted by Crippen LogP contribution is 2.30. The Balaban J connectivity index is 1.84. The summed E-state index contributed by atoms with van der Waals surface area (Å²) in [5.41, 5.74) is 2.40. The van der Waals surface area contributed by atoms with Crippen LogP contribution >= 0.6 is 0 Å². The molecule has 0 aromatic rings. The highest BCUT2D eigenvalue weighted by molar-refractivity contribution is 5.92. The topological polar surface area (TPSA) is 52.6 Å². The zero-order chi connectivity index (χ0) is 15.2. The molecule has 0 aromatic carbocycles. The summed E-state index contributed by atoms with van der Waals surface area (Å²) in [6, 6.07) is 0. The molecular weight excluding hydrogens is 268 g/mol. The third-order valence-corrected chi connectivity index (χ3v) is 4.17. The molecule has 2 rings (SSSR count). The van der Waals surface area contributed by atoms with E-state index >= 15 is 0 Å². The quantitative estimate of drug-likeness (QED) is 0.545. The minimum absolute atomic E-state index is 0.305. The summed E-state index contributed by atoms with van der Waals surface area (Å²) in [5.74, 6) is 0.535. The number of hydrogen-bond acceptors (Lipinski definition) is 4. The first kappa shape index (κ1) is 15.8. The van der Waals surface area contributed by atoms with Crippen molar-refractivity contribution < 1.29 is 19.1 Å². The molecule has 0 aliphatic heterocycles. The molecule has 4 nitrogen and oxygen atoms in total. The molecule has 0 atom stereocenters.